The van der Waals surface area contributed by atoms with Crippen molar-refractivity contribution in [2.45, 2.75) is 7.43 Å². The Hall–Kier alpha value is 1.92. The zero-order chi connectivity index (χ0) is 4.71. The Labute approximate surface area is 81.6 Å². The molecule has 0 atom stereocenters. The van der Waals surface area contributed by atoms with Gasteiger partial charge in [-0.15, -0.1) is 17.0 Å². The van der Waals surface area contributed by atoms with E-state index in [4.69, 9.17) is 0 Å². The van der Waals surface area contributed by atoms with Gasteiger partial charge in [0.15, 0.2) is 0 Å². The Morgan fingerprint density at radius 3 is 1.14 bits per heavy atom. The van der Waals surface area contributed by atoms with E-state index in [1.807, 2.05) is 5.83 Å². The molecule has 0 aromatic heterocycles. The molecule has 50 valence electrons. The van der Waals surface area contributed by atoms with E-state index in [2.05, 4.69) is 47.8 Å². The van der Waals surface area contributed by atoms with Crippen LogP contribution >= 0.6 is 64.8 Å². The van der Waals surface area contributed by atoms with Gasteiger partial charge in [-0.25, -0.2) is 0 Å². The summed E-state index contributed by atoms with van der Waals surface area (Å²) in [6.45, 7) is 0. The molecule has 0 aliphatic carbocycles. The average molecular weight is 366 g/mol. The second-order valence-corrected chi connectivity index (χ2v) is 2.73. The molecule has 0 N–H and O–H groups in total. The number of hydrogen-bond acceptors (Lipinski definition) is 0. The first kappa shape index (κ1) is 23.1. The summed E-state index contributed by atoms with van der Waals surface area (Å²) >= 11 is 9.06. The highest BCUT2D eigenvalue weighted by Crippen LogP contribution is 1.83. The molecule has 4 heteroatoms. The molecule has 0 aromatic rings. The second-order valence-electron chi connectivity index (χ2n) is 0.101. The fourth-order valence-corrected chi connectivity index (χ4v) is 0. The molecule has 0 spiro atoms. The second kappa shape index (κ2) is 44.5. The summed E-state index contributed by atoms with van der Waals surface area (Å²) in [4.78, 5) is 0. The summed E-state index contributed by atoms with van der Waals surface area (Å²) in [5.41, 5.74) is 0. The Morgan fingerprint density at radius 1 is 1.14 bits per heavy atom. The molecule has 0 radical (unpaired) electrons. The van der Waals surface area contributed by atoms with Gasteiger partial charge in [0.25, 0.3) is 0 Å². The van der Waals surface area contributed by atoms with Crippen molar-refractivity contribution in [1.29, 1.82) is 0 Å². The highest BCUT2D eigenvalue weighted by atomic mass is 79.9. The molecule has 0 aliphatic rings. The molecule has 0 nitrogen and oxygen atoms in total. The summed E-state index contributed by atoms with van der Waals surface area (Å²) in [5, 5.41) is 0. The van der Waals surface area contributed by atoms with Crippen LogP contribution in [0.2, 0.25) is 0 Å². The van der Waals surface area contributed by atoms with Crippen molar-refractivity contribution in [1.82, 2.24) is 0 Å². The fourth-order valence-electron chi connectivity index (χ4n) is 0. The number of rotatable bonds is 0. The lowest BCUT2D eigenvalue weighted by Gasteiger charge is -1.43. The lowest BCUT2D eigenvalue weighted by molar-refractivity contribution is 2.44. The topological polar surface area (TPSA) is 0 Å². The number of alkyl halides is 3. The SMILES string of the molecule is Br.BrCBr.C.CBr. The van der Waals surface area contributed by atoms with E-state index < -0.39 is 0 Å². The van der Waals surface area contributed by atoms with Gasteiger partial charge in [-0.3, -0.25) is 0 Å². The molecule has 0 amide bonds. The molecule has 0 aliphatic heterocycles. The minimum atomic E-state index is 0. The Kier molecular flexibility index (Phi) is 147. The first-order valence-corrected chi connectivity index (χ1v) is 4.74. The predicted octanol–water partition coefficient (Wildman–Crippen LogP) is 3.96. The normalized spacial score (nSPS) is 3.43. The maximum Gasteiger partial charge on any atom is 0.0588 e. The highest BCUT2D eigenvalue weighted by Gasteiger charge is 1.41. The monoisotopic (exact) mass is 362 g/mol. The minimum Gasteiger partial charge on any atom is -0.114 e. The van der Waals surface area contributed by atoms with E-state index >= 15 is 0 Å². The first-order chi connectivity index (χ1) is 2.41. The smallest absolute Gasteiger partial charge is 0.0588 e. The largest absolute Gasteiger partial charge is 0.114 e. The predicted molar refractivity (Wildman–Crippen MR) is 54.6 cm³/mol. The van der Waals surface area contributed by atoms with Gasteiger partial charge in [0.1, 0.15) is 0 Å². The molecule has 0 saturated heterocycles. The molecular formula is C3H10Br4. The zero-order valence-electron chi connectivity index (χ0n) is 3.25. The van der Waals surface area contributed by atoms with Gasteiger partial charge in [-0.05, 0) is 5.83 Å². The average Bonchev–Trinajstić information content (AvgIpc) is 1.46. The van der Waals surface area contributed by atoms with Gasteiger partial charge < -0.3 is 0 Å². The molecule has 0 rings (SSSR count). The summed E-state index contributed by atoms with van der Waals surface area (Å²) < 4.78 is 0.875. The molecule has 0 heterocycles. The van der Waals surface area contributed by atoms with Gasteiger partial charge in [-0.1, -0.05) is 55.2 Å². The van der Waals surface area contributed by atoms with Crippen LogP contribution in [-0.4, -0.2) is 10.1 Å². The molecule has 0 saturated carbocycles. The molecular weight excluding hydrogens is 356 g/mol. The van der Waals surface area contributed by atoms with Crippen molar-refractivity contribution in [3.63, 3.8) is 0 Å². The fraction of sp³-hybridized carbons (Fsp3) is 1.00. The van der Waals surface area contributed by atoms with E-state index in [1.165, 1.54) is 0 Å². The highest BCUT2D eigenvalue weighted by molar-refractivity contribution is 9.24. The van der Waals surface area contributed by atoms with Crippen LogP contribution in [0, 0.1) is 0 Å². The van der Waals surface area contributed by atoms with Gasteiger partial charge in [0.05, 0.1) is 4.24 Å². The minimum absolute atomic E-state index is 0. The summed E-state index contributed by atoms with van der Waals surface area (Å²) in [6, 6.07) is 0. The van der Waals surface area contributed by atoms with Crippen molar-refractivity contribution in [3.8, 4) is 0 Å². The van der Waals surface area contributed by atoms with Crippen molar-refractivity contribution in [2.75, 3.05) is 10.1 Å². The molecule has 0 fully saturated rings. The third-order valence-corrected chi connectivity index (χ3v) is 0. The van der Waals surface area contributed by atoms with E-state index in [9.17, 15) is 0 Å². The molecule has 0 aromatic carbocycles. The van der Waals surface area contributed by atoms with Gasteiger partial charge in [-0.2, -0.15) is 0 Å². The Balaban J connectivity index is -0.0000000105. The van der Waals surface area contributed by atoms with Crippen LogP contribution in [0.4, 0.5) is 0 Å². The van der Waals surface area contributed by atoms with Gasteiger partial charge in [0, 0.05) is 0 Å². The van der Waals surface area contributed by atoms with Crippen LogP contribution in [0.25, 0.3) is 0 Å². The summed E-state index contributed by atoms with van der Waals surface area (Å²) in [5.74, 6) is 1.81. The maximum atomic E-state index is 3.06. The van der Waals surface area contributed by atoms with Crippen LogP contribution in [0.3, 0.4) is 0 Å². The Morgan fingerprint density at radius 2 is 1.14 bits per heavy atom. The molecule has 7 heavy (non-hydrogen) atoms. The van der Waals surface area contributed by atoms with Crippen molar-refractivity contribution in [3.05, 3.63) is 0 Å². The lowest BCUT2D eigenvalue weighted by atomic mass is 12.0. The van der Waals surface area contributed by atoms with Crippen LogP contribution in [0.5, 0.6) is 0 Å². The maximum absolute atomic E-state index is 3.06. The first-order valence-electron chi connectivity index (χ1n) is 0.912. The van der Waals surface area contributed by atoms with Crippen molar-refractivity contribution >= 4 is 64.8 Å². The Bertz CT molecular complexity index is 6.90. The van der Waals surface area contributed by atoms with E-state index in [0.29, 0.717) is 0 Å². The van der Waals surface area contributed by atoms with Crippen LogP contribution in [0.1, 0.15) is 7.43 Å². The van der Waals surface area contributed by atoms with Crippen molar-refractivity contribution in [2.24, 2.45) is 0 Å². The van der Waals surface area contributed by atoms with Crippen LogP contribution in [0.15, 0.2) is 0 Å². The molecule has 0 bridgehead atoms. The number of halogens is 4. The van der Waals surface area contributed by atoms with Gasteiger partial charge in [0.2, 0.25) is 0 Å². The van der Waals surface area contributed by atoms with Crippen molar-refractivity contribution < 1.29 is 0 Å². The quantitative estimate of drug-likeness (QED) is 0.570. The zero-order valence-corrected chi connectivity index (χ0v) is 9.72. The van der Waals surface area contributed by atoms with Crippen LogP contribution < -0.4 is 0 Å². The standard InChI is InChI=1S/CH2Br2.CH3Br.CH4.BrH/c2-1-3;1-2;;/h1H2;1H3;1H4;1H. The molecule has 0 unspecified atom stereocenters. The van der Waals surface area contributed by atoms with Crippen LogP contribution in [-0.2, 0) is 0 Å². The van der Waals surface area contributed by atoms with E-state index in [1.54, 1.807) is 0 Å². The third-order valence-electron chi connectivity index (χ3n) is 0. The summed E-state index contributed by atoms with van der Waals surface area (Å²) in [6.07, 6.45) is 0. The van der Waals surface area contributed by atoms with Gasteiger partial charge >= 0.3 is 0 Å². The third kappa shape index (κ3) is 75.3. The lowest BCUT2D eigenvalue weighted by Crippen LogP contribution is -1.19. The number of hydrogen-bond donors (Lipinski definition) is 0. The van der Waals surface area contributed by atoms with E-state index in [0.717, 1.165) is 4.24 Å². The summed E-state index contributed by atoms with van der Waals surface area (Å²) in [7, 11) is 0. The van der Waals surface area contributed by atoms with E-state index in [-0.39, 0.29) is 24.4 Å².